The smallest absolute Gasteiger partial charge is 0.00801 e. The minimum absolute atomic E-state index is 0.474. The zero-order chi connectivity index (χ0) is 21.8. The molecule has 5 aliphatic rings. The largest absolute Gasteiger partial charge is 0.0839 e. The average molecular weight is 411 g/mol. The lowest BCUT2D eigenvalue weighted by Crippen LogP contribution is -2.62. The lowest BCUT2D eigenvalue weighted by molar-refractivity contribution is -0.182. The van der Waals surface area contributed by atoms with E-state index in [0.717, 1.165) is 17.8 Å². The van der Waals surface area contributed by atoms with Gasteiger partial charge in [-0.1, -0.05) is 73.5 Å². The van der Waals surface area contributed by atoms with Crippen LogP contribution in [0.25, 0.3) is 0 Å². The molecule has 0 aromatic carbocycles. The maximum atomic E-state index is 2.85. The van der Waals surface area contributed by atoms with Crippen molar-refractivity contribution < 1.29 is 0 Å². The summed E-state index contributed by atoms with van der Waals surface area (Å²) < 4.78 is 0. The predicted octanol–water partition coefficient (Wildman–Crippen LogP) is 9.20. The van der Waals surface area contributed by atoms with Crippen LogP contribution in [0, 0.1) is 50.2 Å². The Hall–Kier alpha value is -0.260. The minimum atomic E-state index is 0.474. The maximum absolute atomic E-state index is 2.85. The molecule has 0 spiro atoms. The summed E-state index contributed by atoms with van der Waals surface area (Å²) in [6.45, 7) is 21.2. The van der Waals surface area contributed by atoms with Gasteiger partial charge in [-0.05, 0) is 114 Å². The van der Waals surface area contributed by atoms with Crippen molar-refractivity contribution in [3.63, 3.8) is 0 Å². The lowest BCUT2D eigenvalue weighted by atomic mass is 9.34. The topological polar surface area (TPSA) is 0 Å². The summed E-state index contributed by atoms with van der Waals surface area (Å²) in [7, 11) is 0. The SMILES string of the molecule is CC1(C)CCC2(C)CCC3(C)C4CCC5C(C)(C)CCCC5(C)C4=CCC3(C)C2C1. The van der Waals surface area contributed by atoms with Crippen LogP contribution in [0.15, 0.2) is 11.6 Å². The Labute approximate surface area is 188 Å². The van der Waals surface area contributed by atoms with E-state index >= 15 is 0 Å². The van der Waals surface area contributed by atoms with Crippen molar-refractivity contribution >= 4 is 0 Å². The van der Waals surface area contributed by atoms with E-state index in [9.17, 15) is 0 Å². The Kier molecular flexibility index (Phi) is 4.46. The van der Waals surface area contributed by atoms with Crippen LogP contribution in [0.5, 0.6) is 0 Å². The molecular formula is C30H50. The average Bonchev–Trinajstić information content (AvgIpc) is 2.64. The number of rotatable bonds is 0. The van der Waals surface area contributed by atoms with E-state index < -0.39 is 0 Å². The Morgan fingerprint density at radius 1 is 0.700 bits per heavy atom. The maximum Gasteiger partial charge on any atom is -0.00801 e. The summed E-state index contributed by atoms with van der Waals surface area (Å²) >= 11 is 0. The Morgan fingerprint density at radius 3 is 2.13 bits per heavy atom. The molecule has 0 amide bonds. The molecule has 170 valence electrons. The standard InChI is InChI=1S/C30H50/c1-25(2)16-17-27(5)18-19-29(7)22-10-11-23-26(3,4)13-9-14-28(23,6)21(22)12-15-30(29,8)24(27)20-25/h12,22-24H,9-11,13-20H2,1-8H3. The molecule has 0 aliphatic heterocycles. The molecule has 30 heavy (non-hydrogen) atoms. The molecule has 7 atom stereocenters. The van der Waals surface area contributed by atoms with Gasteiger partial charge >= 0.3 is 0 Å². The highest BCUT2D eigenvalue weighted by Gasteiger charge is 2.66. The second-order valence-electron chi connectivity index (χ2n) is 15.2. The van der Waals surface area contributed by atoms with Gasteiger partial charge in [0.1, 0.15) is 0 Å². The van der Waals surface area contributed by atoms with Gasteiger partial charge in [-0.25, -0.2) is 0 Å². The molecule has 0 radical (unpaired) electrons. The van der Waals surface area contributed by atoms with Crippen LogP contribution < -0.4 is 0 Å². The number of fused-ring (bicyclic) bond motifs is 7. The third kappa shape index (κ3) is 2.64. The van der Waals surface area contributed by atoms with Crippen molar-refractivity contribution in [2.45, 2.75) is 126 Å². The van der Waals surface area contributed by atoms with Crippen LogP contribution >= 0.6 is 0 Å². The first-order chi connectivity index (χ1) is 13.8. The first kappa shape index (κ1) is 21.6. The third-order valence-corrected chi connectivity index (χ3v) is 12.8. The van der Waals surface area contributed by atoms with E-state index in [4.69, 9.17) is 0 Å². The fraction of sp³-hybridized carbons (Fsp3) is 0.933. The zero-order valence-corrected chi connectivity index (χ0v) is 21.6. The van der Waals surface area contributed by atoms with Gasteiger partial charge in [-0.3, -0.25) is 0 Å². The number of hydrogen-bond acceptors (Lipinski definition) is 0. The molecule has 0 heterocycles. The second kappa shape index (κ2) is 6.20. The monoisotopic (exact) mass is 410 g/mol. The van der Waals surface area contributed by atoms with E-state index in [-0.39, 0.29) is 0 Å². The van der Waals surface area contributed by atoms with Gasteiger partial charge < -0.3 is 0 Å². The highest BCUT2D eigenvalue weighted by Crippen LogP contribution is 2.75. The summed E-state index contributed by atoms with van der Waals surface area (Å²) in [6, 6.07) is 0. The molecular weight excluding hydrogens is 360 g/mol. The normalized spacial score (nSPS) is 54.1. The fourth-order valence-corrected chi connectivity index (χ4v) is 10.6. The quantitative estimate of drug-likeness (QED) is 0.349. The predicted molar refractivity (Wildman–Crippen MR) is 129 cm³/mol. The summed E-state index contributed by atoms with van der Waals surface area (Å²) in [5.41, 5.74) is 5.05. The summed E-state index contributed by atoms with van der Waals surface area (Å²) in [4.78, 5) is 0. The molecule has 4 saturated carbocycles. The molecule has 0 N–H and O–H groups in total. The molecule has 0 heteroatoms. The van der Waals surface area contributed by atoms with Crippen molar-refractivity contribution in [1.29, 1.82) is 0 Å². The molecule has 0 saturated heterocycles. The molecule has 0 aromatic heterocycles. The fourth-order valence-electron chi connectivity index (χ4n) is 10.6. The Morgan fingerprint density at radius 2 is 1.40 bits per heavy atom. The molecule has 7 unspecified atom stereocenters. The van der Waals surface area contributed by atoms with Gasteiger partial charge in [0.05, 0.1) is 0 Å². The van der Waals surface area contributed by atoms with Gasteiger partial charge in [0, 0.05) is 0 Å². The van der Waals surface area contributed by atoms with Gasteiger partial charge in [-0.15, -0.1) is 0 Å². The van der Waals surface area contributed by atoms with Crippen LogP contribution in [0.4, 0.5) is 0 Å². The molecule has 0 bridgehead atoms. The van der Waals surface area contributed by atoms with Crippen LogP contribution in [0.2, 0.25) is 0 Å². The Bertz CT molecular complexity index is 754. The van der Waals surface area contributed by atoms with E-state index in [0.29, 0.717) is 32.5 Å². The first-order valence-electron chi connectivity index (χ1n) is 13.5. The number of allylic oxidation sites excluding steroid dienone is 2. The van der Waals surface area contributed by atoms with E-state index in [1.54, 1.807) is 0 Å². The van der Waals surface area contributed by atoms with Crippen LogP contribution in [0.1, 0.15) is 126 Å². The highest BCUT2D eigenvalue weighted by atomic mass is 14.7. The van der Waals surface area contributed by atoms with Crippen LogP contribution in [-0.2, 0) is 0 Å². The van der Waals surface area contributed by atoms with Gasteiger partial charge in [0.2, 0.25) is 0 Å². The van der Waals surface area contributed by atoms with Crippen LogP contribution in [0.3, 0.4) is 0 Å². The molecule has 0 nitrogen and oxygen atoms in total. The Balaban J connectivity index is 1.58. The first-order valence-corrected chi connectivity index (χ1v) is 13.5. The summed E-state index contributed by atoms with van der Waals surface area (Å²) in [6.07, 6.45) is 18.8. The van der Waals surface area contributed by atoms with Crippen molar-refractivity contribution in [1.82, 2.24) is 0 Å². The lowest BCUT2D eigenvalue weighted by Gasteiger charge is -2.71. The molecule has 5 rings (SSSR count). The zero-order valence-electron chi connectivity index (χ0n) is 21.6. The van der Waals surface area contributed by atoms with Crippen molar-refractivity contribution in [2.75, 3.05) is 0 Å². The van der Waals surface area contributed by atoms with Crippen molar-refractivity contribution in [3.8, 4) is 0 Å². The molecule has 0 aromatic rings. The third-order valence-electron chi connectivity index (χ3n) is 12.8. The summed E-state index contributed by atoms with van der Waals surface area (Å²) in [5.74, 6) is 2.65. The van der Waals surface area contributed by atoms with Crippen LogP contribution in [-0.4, -0.2) is 0 Å². The van der Waals surface area contributed by atoms with Gasteiger partial charge in [0.15, 0.2) is 0 Å². The van der Waals surface area contributed by atoms with E-state index in [2.05, 4.69) is 61.5 Å². The van der Waals surface area contributed by atoms with E-state index in [1.807, 2.05) is 5.57 Å². The molecule has 4 fully saturated rings. The van der Waals surface area contributed by atoms with Gasteiger partial charge in [0.25, 0.3) is 0 Å². The van der Waals surface area contributed by atoms with Crippen molar-refractivity contribution in [2.24, 2.45) is 50.2 Å². The van der Waals surface area contributed by atoms with Gasteiger partial charge in [-0.2, -0.15) is 0 Å². The van der Waals surface area contributed by atoms with Crippen molar-refractivity contribution in [3.05, 3.63) is 11.6 Å². The second-order valence-corrected chi connectivity index (χ2v) is 15.2. The summed E-state index contributed by atoms with van der Waals surface area (Å²) in [5, 5.41) is 0. The number of hydrogen-bond donors (Lipinski definition) is 0. The van der Waals surface area contributed by atoms with E-state index in [1.165, 1.54) is 70.6 Å². The highest BCUT2D eigenvalue weighted by molar-refractivity contribution is 5.32. The molecule has 5 aliphatic carbocycles. The minimum Gasteiger partial charge on any atom is -0.0839 e.